The van der Waals surface area contributed by atoms with Gasteiger partial charge < -0.3 is 15.2 Å². The van der Waals surface area contributed by atoms with Crippen LogP contribution >= 0.6 is 0 Å². The molecule has 0 aromatic carbocycles. The van der Waals surface area contributed by atoms with Crippen molar-refractivity contribution in [3.63, 3.8) is 0 Å². The second-order valence-corrected chi connectivity index (χ2v) is 1.28. The van der Waals surface area contributed by atoms with Crippen molar-refractivity contribution < 1.29 is 83.6 Å². The Bertz CT molecular complexity index is 100. The van der Waals surface area contributed by atoms with Crippen molar-refractivity contribution in [2.45, 2.75) is 6.92 Å². The molecule has 0 bridgehead atoms. The summed E-state index contributed by atoms with van der Waals surface area (Å²) < 4.78 is 0. The van der Waals surface area contributed by atoms with Gasteiger partial charge in [0.15, 0.2) is 0 Å². The van der Waals surface area contributed by atoms with Gasteiger partial charge in [0.05, 0.1) is 12.5 Å². The molecule has 0 aromatic heterocycles. The van der Waals surface area contributed by atoms with E-state index in [0.717, 1.165) is 0 Å². The van der Waals surface area contributed by atoms with Crippen LogP contribution in [-0.4, -0.2) is 18.4 Å². The van der Waals surface area contributed by atoms with Gasteiger partial charge in [-0.05, 0) is 0 Å². The predicted octanol–water partition coefficient (Wildman–Crippen LogP) is -5.12. The Labute approximate surface area is 112 Å². The number of rotatable bonds is 2. The van der Waals surface area contributed by atoms with Gasteiger partial charge in [-0.1, -0.05) is 0 Å². The maximum Gasteiger partial charge on any atom is 1.00 e. The van der Waals surface area contributed by atoms with Crippen LogP contribution in [0.4, 0.5) is 0 Å². The summed E-state index contributed by atoms with van der Waals surface area (Å²) in [4.78, 5) is 19.5. The minimum absolute atomic E-state index is 0. The van der Waals surface area contributed by atoms with Crippen molar-refractivity contribution in [2.75, 3.05) is 6.54 Å². The topological polar surface area (TPSA) is 69.2 Å². The molecule has 0 aliphatic rings. The van der Waals surface area contributed by atoms with Gasteiger partial charge in [-0.15, -0.1) is 0 Å². The molecular weight excluding hydrogens is 243 g/mol. The Hall–Kier alpha value is 0.992. The van der Waals surface area contributed by atoms with Gasteiger partial charge in [-0.2, -0.15) is 0 Å². The fourth-order valence-electron chi connectivity index (χ4n) is 0.197. The third-order valence-corrected chi connectivity index (χ3v) is 0.482. The van der Waals surface area contributed by atoms with Gasteiger partial charge in [0.1, 0.15) is 0 Å². The second kappa shape index (κ2) is 7.10. The molecule has 1 amide bonds. The van der Waals surface area contributed by atoms with Crippen LogP contribution in [0, 0.1) is 0 Å². The largest absolute Gasteiger partial charge is 1.00 e. The van der Waals surface area contributed by atoms with Crippen molar-refractivity contribution in [3.8, 4) is 0 Å². The number of carboxylic acids is 1. The molecule has 46 valence electrons. The number of hydrogen-bond acceptors (Lipinski definition) is 3. The van der Waals surface area contributed by atoms with Gasteiger partial charge in [0.25, 0.3) is 0 Å². The maximum absolute atomic E-state index is 9.95. The standard InChI is InChI=1S/C4H7NO3.Cs/c1-3(6)5-2-4(7)8;/h2H2,1H3,(H,5,6)(H,7,8);/q;+1/p-1. The smallest absolute Gasteiger partial charge is 0.548 e. The first-order chi connectivity index (χ1) is 3.63. The number of carboxylic acid groups (broad SMARTS) is 1. The quantitative estimate of drug-likeness (QED) is 0.532. The molecule has 0 saturated heterocycles. The molecule has 0 aliphatic heterocycles. The third-order valence-electron chi connectivity index (χ3n) is 0.482. The molecule has 1 N–H and O–H groups in total. The van der Waals surface area contributed by atoms with E-state index < -0.39 is 12.5 Å². The van der Waals surface area contributed by atoms with E-state index in [9.17, 15) is 14.7 Å². The van der Waals surface area contributed by atoms with E-state index in [1.807, 2.05) is 5.32 Å². The zero-order valence-corrected chi connectivity index (χ0v) is 11.7. The number of carbonyl (C=O) groups excluding carboxylic acids is 2. The van der Waals surface area contributed by atoms with Crippen LogP contribution in [-0.2, 0) is 9.59 Å². The molecule has 0 radical (unpaired) electrons. The summed E-state index contributed by atoms with van der Waals surface area (Å²) in [7, 11) is 0. The number of aliphatic carboxylic acids is 1. The number of amides is 1. The minimum Gasteiger partial charge on any atom is -0.548 e. The van der Waals surface area contributed by atoms with Gasteiger partial charge in [0, 0.05) is 6.92 Å². The molecule has 0 saturated carbocycles. The maximum atomic E-state index is 9.95. The van der Waals surface area contributed by atoms with Crippen LogP contribution in [0.1, 0.15) is 6.92 Å². The van der Waals surface area contributed by atoms with Crippen LogP contribution in [0.3, 0.4) is 0 Å². The fraction of sp³-hybridized carbons (Fsp3) is 0.500. The Morgan fingerprint density at radius 1 is 1.56 bits per heavy atom. The normalized spacial score (nSPS) is 7.22. The summed E-state index contributed by atoms with van der Waals surface area (Å²) in [5.41, 5.74) is 0. The Morgan fingerprint density at radius 2 is 2.00 bits per heavy atom. The van der Waals surface area contributed by atoms with E-state index in [0.29, 0.717) is 0 Å². The van der Waals surface area contributed by atoms with Gasteiger partial charge >= 0.3 is 68.9 Å². The van der Waals surface area contributed by atoms with Gasteiger partial charge in [-0.25, -0.2) is 0 Å². The average Bonchev–Trinajstić information content (AvgIpc) is 1.61. The van der Waals surface area contributed by atoms with Crippen molar-refractivity contribution in [1.29, 1.82) is 0 Å². The third kappa shape index (κ3) is 12.2. The van der Waals surface area contributed by atoms with E-state index in [-0.39, 0.29) is 74.8 Å². The summed E-state index contributed by atoms with van der Waals surface area (Å²) in [6.45, 7) is 0.832. The van der Waals surface area contributed by atoms with E-state index in [4.69, 9.17) is 0 Å². The second-order valence-electron chi connectivity index (χ2n) is 1.28. The first-order valence-corrected chi connectivity index (χ1v) is 2.07. The Balaban J connectivity index is 0. The van der Waals surface area contributed by atoms with Crippen molar-refractivity contribution in [1.82, 2.24) is 5.32 Å². The molecule has 4 nitrogen and oxygen atoms in total. The summed E-state index contributed by atoms with van der Waals surface area (Å²) in [6, 6.07) is 0. The van der Waals surface area contributed by atoms with Gasteiger partial charge in [0.2, 0.25) is 5.91 Å². The van der Waals surface area contributed by atoms with E-state index in [1.54, 1.807) is 0 Å². The molecule has 0 atom stereocenters. The molecule has 0 aromatic rings. The average molecular weight is 249 g/mol. The minimum atomic E-state index is -1.28. The van der Waals surface area contributed by atoms with Crippen molar-refractivity contribution in [3.05, 3.63) is 0 Å². The molecule has 9 heavy (non-hydrogen) atoms. The van der Waals surface area contributed by atoms with Crippen LogP contribution in [0.5, 0.6) is 0 Å². The SMILES string of the molecule is CC(=O)NCC(=O)[O-].[Cs+]. The van der Waals surface area contributed by atoms with Crippen LogP contribution in [0.15, 0.2) is 0 Å². The Morgan fingerprint density at radius 3 is 2.11 bits per heavy atom. The fourth-order valence-corrected chi connectivity index (χ4v) is 0.197. The summed E-state index contributed by atoms with van der Waals surface area (Å²) in [6.07, 6.45) is 0. The van der Waals surface area contributed by atoms with Crippen molar-refractivity contribution >= 4 is 11.9 Å². The number of hydrogen-bond donors (Lipinski definition) is 1. The molecular formula is C4H6CsNO3. The molecule has 0 fully saturated rings. The molecule has 0 aliphatic carbocycles. The van der Waals surface area contributed by atoms with Crippen molar-refractivity contribution in [2.24, 2.45) is 0 Å². The van der Waals surface area contributed by atoms with E-state index in [2.05, 4.69) is 0 Å². The molecule has 0 unspecified atom stereocenters. The predicted molar refractivity (Wildman–Crippen MR) is 23.7 cm³/mol. The first-order valence-electron chi connectivity index (χ1n) is 2.07. The monoisotopic (exact) mass is 249 g/mol. The van der Waals surface area contributed by atoms with Crippen LogP contribution in [0.2, 0.25) is 0 Å². The Kier molecular flexibility index (Phi) is 9.98. The number of nitrogens with one attached hydrogen (secondary N) is 1. The summed E-state index contributed by atoms with van der Waals surface area (Å²) in [5.74, 6) is -1.64. The zero-order valence-electron chi connectivity index (χ0n) is 5.43. The first kappa shape index (κ1) is 12.6. The van der Waals surface area contributed by atoms with E-state index in [1.165, 1.54) is 6.92 Å². The van der Waals surface area contributed by atoms with Gasteiger partial charge in [-0.3, -0.25) is 4.79 Å². The summed E-state index contributed by atoms with van der Waals surface area (Å²) in [5, 5.41) is 11.6. The number of carbonyl (C=O) groups is 2. The van der Waals surface area contributed by atoms with E-state index >= 15 is 0 Å². The molecule has 5 heteroatoms. The zero-order chi connectivity index (χ0) is 6.57. The van der Waals surface area contributed by atoms with Crippen LogP contribution in [0.25, 0.3) is 0 Å². The molecule has 0 rings (SSSR count). The molecule has 0 spiro atoms. The van der Waals surface area contributed by atoms with Crippen LogP contribution < -0.4 is 79.3 Å². The summed E-state index contributed by atoms with van der Waals surface area (Å²) >= 11 is 0. The molecule has 0 heterocycles.